The van der Waals surface area contributed by atoms with Gasteiger partial charge in [0.2, 0.25) is 0 Å². The van der Waals surface area contributed by atoms with Crippen molar-refractivity contribution in [2.45, 2.75) is 27.0 Å². The maximum atomic E-state index is 5.28. The highest BCUT2D eigenvalue weighted by atomic mass is 32.1. The number of aromatic nitrogens is 4. The SMILES string of the molecule is CCN(CC)CCn1cc(Nc2nc(COC)nc3scc(-c4ccccc4)c23)cn1. The molecule has 0 saturated carbocycles. The number of anilines is 2. The highest BCUT2D eigenvalue weighted by Crippen LogP contribution is 2.37. The number of rotatable bonds is 10. The van der Waals surface area contributed by atoms with Gasteiger partial charge in [0, 0.05) is 30.8 Å². The minimum atomic E-state index is 0.367. The van der Waals surface area contributed by atoms with E-state index in [9.17, 15) is 0 Å². The molecule has 4 aromatic rings. The lowest BCUT2D eigenvalue weighted by atomic mass is 10.1. The number of likely N-dealkylation sites (N-methyl/N-ethyl adjacent to an activating group) is 1. The van der Waals surface area contributed by atoms with Crippen LogP contribution in [0.4, 0.5) is 11.5 Å². The Morgan fingerprint density at radius 1 is 1.13 bits per heavy atom. The maximum Gasteiger partial charge on any atom is 0.158 e. The standard InChI is InChI=1S/C23H28N6OS/c1-4-28(5-2)11-12-29-14-18(13-24-29)25-22-21-19(17-9-7-6-8-10-17)16-31-23(21)27-20(26-22)15-30-3/h6-10,13-14,16H,4-5,11-12,15H2,1-3H3,(H,25,26,27). The summed E-state index contributed by atoms with van der Waals surface area (Å²) in [6.07, 6.45) is 3.88. The van der Waals surface area contributed by atoms with E-state index in [1.54, 1.807) is 18.4 Å². The number of nitrogens with zero attached hydrogens (tertiary/aromatic N) is 5. The molecule has 3 aromatic heterocycles. The second-order valence-electron chi connectivity index (χ2n) is 7.26. The van der Waals surface area contributed by atoms with Crippen molar-refractivity contribution in [2.24, 2.45) is 0 Å². The zero-order chi connectivity index (χ0) is 21.6. The molecule has 0 fully saturated rings. The highest BCUT2D eigenvalue weighted by molar-refractivity contribution is 7.17. The van der Waals surface area contributed by atoms with Crippen molar-refractivity contribution in [1.29, 1.82) is 0 Å². The van der Waals surface area contributed by atoms with Gasteiger partial charge in [-0.1, -0.05) is 44.2 Å². The fourth-order valence-electron chi connectivity index (χ4n) is 3.57. The first-order valence-corrected chi connectivity index (χ1v) is 11.4. The summed E-state index contributed by atoms with van der Waals surface area (Å²) < 4.78 is 7.26. The van der Waals surface area contributed by atoms with E-state index < -0.39 is 0 Å². The van der Waals surface area contributed by atoms with Crippen LogP contribution in [0.1, 0.15) is 19.7 Å². The average molecular weight is 437 g/mol. The number of methoxy groups -OCH3 is 1. The monoisotopic (exact) mass is 436 g/mol. The molecule has 0 aliphatic heterocycles. The van der Waals surface area contributed by atoms with Gasteiger partial charge in [0.05, 0.1) is 23.8 Å². The molecule has 4 rings (SSSR count). The van der Waals surface area contributed by atoms with E-state index in [4.69, 9.17) is 14.7 Å². The molecule has 0 amide bonds. The lowest BCUT2D eigenvalue weighted by Gasteiger charge is -2.17. The molecule has 0 aliphatic rings. The van der Waals surface area contributed by atoms with Crippen LogP contribution in [0.25, 0.3) is 21.3 Å². The molecule has 1 aromatic carbocycles. The van der Waals surface area contributed by atoms with Crippen molar-refractivity contribution >= 4 is 33.1 Å². The Labute approximate surface area is 186 Å². The van der Waals surface area contributed by atoms with E-state index in [-0.39, 0.29) is 0 Å². The van der Waals surface area contributed by atoms with E-state index in [1.807, 2.05) is 35.3 Å². The summed E-state index contributed by atoms with van der Waals surface area (Å²) in [4.78, 5) is 12.8. The number of thiophene rings is 1. The number of hydrogen-bond acceptors (Lipinski definition) is 7. The fraction of sp³-hybridized carbons (Fsp3) is 0.348. The van der Waals surface area contributed by atoms with Crippen LogP contribution in [0.2, 0.25) is 0 Å². The molecule has 162 valence electrons. The first-order chi connectivity index (χ1) is 15.2. The molecular weight excluding hydrogens is 408 g/mol. The third-order valence-electron chi connectivity index (χ3n) is 5.27. The zero-order valence-corrected chi connectivity index (χ0v) is 19.0. The van der Waals surface area contributed by atoms with Crippen LogP contribution in [0.3, 0.4) is 0 Å². The van der Waals surface area contributed by atoms with Gasteiger partial charge in [-0.3, -0.25) is 4.68 Å². The number of hydrogen-bond donors (Lipinski definition) is 1. The lowest BCUT2D eigenvalue weighted by molar-refractivity contribution is 0.178. The quantitative estimate of drug-likeness (QED) is 0.386. The molecule has 0 radical (unpaired) electrons. The molecule has 8 heteroatoms. The Hall–Kier alpha value is -2.81. The summed E-state index contributed by atoms with van der Waals surface area (Å²) in [6.45, 7) is 8.66. The predicted octanol–water partition coefficient (Wildman–Crippen LogP) is 4.79. The Balaban J connectivity index is 1.65. The molecule has 31 heavy (non-hydrogen) atoms. The topological polar surface area (TPSA) is 68.1 Å². The molecule has 3 heterocycles. The van der Waals surface area contributed by atoms with Crippen LogP contribution in [0, 0.1) is 0 Å². The van der Waals surface area contributed by atoms with E-state index in [0.29, 0.717) is 12.4 Å². The van der Waals surface area contributed by atoms with Gasteiger partial charge in [-0.2, -0.15) is 5.10 Å². The predicted molar refractivity (Wildman–Crippen MR) is 127 cm³/mol. The molecule has 0 unspecified atom stereocenters. The van der Waals surface area contributed by atoms with Gasteiger partial charge in [0.25, 0.3) is 0 Å². The van der Waals surface area contributed by atoms with Crippen LogP contribution in [-0.2, 0) is 17.9 Å². The van der Waals surface area contributed by atoms with E-state index in [0.717, 1.165) is 59.0 Å². The highest BCUT2D eigenvalue weighted by Gasteiger charge is 2.16. The van der Waals surface area contributed by atoms with Gasteiger partial charge in [-0.05, 0) is 18.7 Å². The van der Waals surface area contributed by atoms with Gasteiger partial charge < -0.3 is 15.0 Å². The third kappa shape index (κ3) is 4.92. The van der Waals surface area contributed by atoms with Crippen LogP contribution < -0.4 is 5.32 Å². The van der Waals surface area contributed by atoms with Crippen LogP contribution in [0.15, 0.2) is 48.1 Å². The largest absolute Gasteiger partial charge is 0.377 e. The average Bonchev–Trinajstić information content (AvgIpc) is 3.42. The molecular formula is C23H28N6OS. The Morgan fingerprint density at radius 2 is 1.94 bits per heavy atom. The molecule has 0 atom stereocenters. The van der Waals surface area contributed by atoms with Crippen molar-refractivity contribution in [3.63, 3.8) is 0 Å². The minimum Gasteiger partial charge on any atom is -0.377 e. The normalized spacial score (nSPS) is 11.5. The Bertz CT molecular complexity index is 1120. The van der Waals surface area contributed by atoms with Gasteiger partial charge in [-0.15, -0.1) is 11.3 Å². The summed E-state index contributed by atoms with van der Waals surface area (Å²) in [7, 11) is 1.66. The Morgan fingerprint density at radius 3 is 2.68 bits per heavy atom. The van der Waals surface area contributed by atoms with Crippen LogP contribution in [0.5, 0.6) is 0 Å². The second kappa shape index (κ2) is 10.00. The van der Waals surface area contributed by atoms with Gasteiger partial charge in [-0.25, -0.2) is 9.97 Å². The van der Waals surface area contributed by atoms with Gasteiger partial charge in [0.15, 0.2) is 5.82 Å². The summed E-state index contributed by atoms with van der Waals surface area (Å²) in [6, 6.07) is 10.3. The third-order valence-corrected chi connectivity index (χ3v) is 6.15. The molecule has 0 aliphatic carbocycles. The summed E-state index contributed by atoms with van der Waals surface area (Å²) in [5.41, 5.74) is 3.18. The van der Waals surface area contributed by atoms with E-state index in [2.05, 4.69) is 46.7 Å². The number of fused-ring (bicyclic) bond motifs is 1. The fourth-order valence-corrected chi connectivity index (χ4v) is 4.54. The first-order valence-electron chi connectivity index (χ1n) is 10.6. The molecule has 1 N–H and O–H groups in total. The van der Waals surface area contributed by atoms with Crippen molar-refractivity contribution in [2.75, 3.05) is 32.1 Å². The van der Waals surface area contributed by atoms with Crippen molar-refractivity contribution in [3.8, 4) is 11.1 Å². The number of benzene rings is 1. The lowest BCUT2D eigenvalue weighted by Crippen LogP contribution is -2.27. The summed E-state index contributed by atoms with van der Waals surface area (Å²) >= 11 is 1.62. The van der Waals surface area contributed by atoms with Crippen molar-refractivity contribution < 1.29 is 4.74 Å². The zero-order valence-electron chi connectivity index (χ0n) is 18.2. The maximum absolute atomic E-state index is 5.28. The minimum absolute atomic E-state index is 0.367. The van der Waals surface area contributed by atoms with Crippen LogP contribution >= 0.6 is 11.3 Å². The smallest absolute Gasteiger partial charge is 0.158 e. The van der Waals surface area contributed by atoms with Crippen LogP contribution in [-0.4, -0.2) is 51.4 Å². The molecule has 0 saturated heterocycles. The number of nitrogens with one attached hydrogen (secondary N) is 1. The van der Waals surface area contributed by atoms with E-state index in [1.165, 1.54) is 0 Å². The summed E-state index contributed by atoms with van der Waals surface area (Å²) in [5, 5.41) is 11.2. The molecule has 0 bridgehead atoms. The molecule has 0 spiro atoms. The molecule has 7 nitrogen and oxygen atoms in total. The van der Waals surface area contributed by atoms with Gasteiger partial charge in [0.1, 0.15) is 17.3 Å². The van der Waals surface area contributed by atoms with E-state index >= 15 is 0 Å². The van der Waals surface area contributed by atoms with Crippen molar-refractivity contribution in [1.82, 2.24) is 24.6 Å². The number of ether oxygens (including phenoxy) is 1. The first kappa shape index (κ1) is 21.4. The van der Waals surface area contributed by atoms with Gasteiger partial charge >= 0.3 is 0 Å². The van der Waals surface area contributed by atoms with Crippen molar-refractivity contribution in [3.05, 3.63) is 53.9 Å². The summed E-state index contributed by atoms with van der Waals surface area (Å²) in [5.74, 6) is 1.44. The Kier molecular flexibility index (Phi) is 6.91. The second-order valence-corrected chi connectivity index (χ2v) is 8.12.